The van der Waals surface area contributed by atoms with E-state index in [9.17, 15) is 4.39 Å². The van der Waals surface area contributed by atoms with E-state index in [1.807, 2.05) is 18.2 Å². The van der Waals surface area contributed by atoms with Crippen LogP contribution >= 0.6 is 24.0 Å². The zero-order valence-corrected chi connectivity index (χ0v) is 20.7. The maximum Gasteiger partial charge on any atom is 0.232 e. The van der Waals surface area contributed by atoms with Crippen molar-refractivity contribution >= 4 is 40.9 Å². The van der Waals surface area contributed by atoms with Gasteiger partial charge in [0.15, 0.2) is 10.3 Å². The maximum atomic E-state index is 13.0. The van der Waals surface area contributed by atoms with Crippen LogP contribution in [0.1, 0.15) is 31.7 Å². The molecule has 0 amide bonds. The summed E-state index contributed by atoms with van der Waals surface area (Å²) >= 11 is 6.88. The van der Waals surface area contributed by atoms with Crippen LogP contribution < -0.4 is 15.5 Å². The summed E-state index contributed by atoms with van der Waals surface area (Å²) in [5.74, 6) is 1.73. The molecule has 4 rings (SSSR count). The van der Waals surface area contributed by atoms with Crippen molar-refractivity contribution in [2.75, 3.05) is 29.9 Å². The third-order valence-electron chi connectivity index (χ3n) is 5.47. The molecular weight excluding hydrogens is 469 g/mol. The summed E-state index contributed by atoms with van der Waals surface area (Å²) in [6.07, 6.45) is 7.52. The Hall–Kier alpha value is -2.85. The van der Waals surface area contributed by atoms with Crippen molar-refractivity contribution in [3.05, 3.63) is 60.2 Å². The second-order valence-corrected chi connectivity index (χ2v) is 9.72. The number of piperidine rings is 1. The number of aryl methyl sites for hydroxylation is 1. The van der Waals surface area contributed by atoms with Crippen molar-refractivity contribution in [2.45, 2.75) is 42.8 Å². The van der Waals surface area contributed by atoms with E-state index in [4.69, 9.17) is 17.2 Å². The number of hydrogen-bond acceptors (Lipinski definition) is 7. The Bertz CT molecular complexity index is 1080. The first-order valence-electron chi connectivity index (χ1n) is 11.4. The molecule has 3 heterocycles. The average molecular weight is 498 g/mol. The van der Waals surface area contributed by atoms with Crippen LogP contribution in [0.4, 0.5) is 16.2 Å². The van der Waals surface area contributed by atoms with Gasteiger partial charge in [-0.15, -0.1) is 0 Å². The van der Waals surface area contributed by atoms with E-state index in [0.717, 1.165) is 48.8 Å². The Balaban J connectivity index is 1.39. The molecule has 1 fully saturated rings. The fraction of sp³-hybridized carbons (Fsp3) is 0.375. The van der Waals surface area contributed by atoms with Gasteiger partial charge in [-0.25, -0.2) is 19.3 Å². The molecule has 3 aromatic rings. The molecule has 7 nitrogen and oxygen atoms in total. The molecule has 10 heteroatoms. The van der Waals surface area contributed by atoms with Gasteiger partial charge in [-0.1, -0.05) is 19.1 Å². The van der Waals surface area contributed by atoms with Gasteiger partial charge < -0.3 is 15.5 Å². The van der Waals surface area contributed by atoms with Crippen LogP contribution in [0.2, 0.25) is 0 Å². The summed E-state index contributed by atoms with van der Waals surface area (Å²) in [5.41, 5.74) is 1.10. The number of anilines is 2. The highest BCUT2D eigenvalue weighted by Crippen LogP contribution is 2.29. The Morgan fingerprint density at radius 3 is 2.76 bits per heavy atom. The largest absolute Gasteiger partial charge is 0.362 e. The summed E-state index contributed by atoms with van der Waals surface area (Å²) < 4.78 is 13.0. The molecule has 0 spiro atoms. The number of thiocarbonyl (C=S) groups is 1. The van der Waals surface area contributed by atoms with Gasteiger partial charge in [-0.3, -0.25) is 0 Å². The Labute approximate surface area is 209 Å². The van der Waals surface area contributed by atoms with Crippen LogP contribution in [0, 0.1) is 11.7 Å². The Morgan fingerprint density at radius 1 is 1.21 bits per heavy atom. The molecule has 0 saturated carbocycles. The monoisotopic (exact) mass is 497 g/mol. The molecule has 2 aromatic heterocycles. The second kappa shape index (κ2) is 12.0. The zero-order valence-electron chi connectivity index (χ0n) is 19.1. The van der Waals surface area contributed by atoms with Gasteiger partial charge in [0, 0.05) is 38.1 Å². The van der Waals surface area contributed by atoms with Crippen LogP contribution in [0.3, 0.4) is 0 Å². The number of hydrogen-bond donors (Lipinski definition) is 2. The smallest absolute Gasteiger partial charge is 0.232 e. The summed E-state index contributed by atoms with van der Waals surface area (Å²) in [4.78, 5) is 20.3. The van der Waals surface area contributed by atoms with Crippen LogP contribution in [-0.4, -0.2) is 44.7 Å². The third-order valence-corrected chi connectivity index (χ3v) is 6.53. The van der Waals surface area contributed by atoms with Crippen LogP contribution in [0.15, 0.2) is 59.0 Å². The summed E-state index contributed by atoms with van der Waals surface area (Å²) in [5, 5.41) is 8.20. The van der Waals surface area contributed by atoms with Gasteiger partial charge in [0.2, 0.25) is 5.95 Å². The van der Waals surface area contributed by atoms with Gasteiger partial charge in [0.25, 0.3) is 0 Å². The second-order valence-electron chi connectivity index (χ2n) is 8.33. The summed E-state index contributed by atoms with van der Waals surface area (Å²) in [6.45, 7) is 4.89. The van der Waals surface area contributed by atoms with Gasteiger partial charge in [-0.2, -0.15) is 4.98 Å². The predicted molar refractivity (Wildman–Crippen MR) is 138 cm³/mol. The zero-order chi connectivity index (χ0) is 23.8. The molecule has 0 radical (unpaired) electrons. The lowest BCUT2D eigenvalue weighted by Crippen LogP contribution is -2.35. The standard InChI is InChI=1S/C24H28FN7S2/c1-17-5-3-14-32(16-17)20-15-21(34-24-27-12-4-13-28-24)30-22(29-20)31-23(33)26-11-2-6-18-7-9-19(25)10-8-18/h4,7-10,12-13,15,17H,2-3,5-6,11,14,16H2,1H3,(H2,26,29,30,31,33)/t17-/m1/s1. The minimum absolute atomic E-state index is 0.218. The van der Waals surface area contributed by atoms with Crippen LogP contribution in [0.5, 0.6) is 0 Å². The molecule has 1 aliphatic rings. The van der Waals surface area contributed by atoms with Crippen molar-refractivity contribution in [1.82, 2.24) is 25.3 Å². The molecule has 0 aliphatic carbocycles. The van der Waals surface area contributed by atoms with Crippen LogP contribution in [-0.2, 0) is 6.42 Å². The number of nitrogens with zero attached hydrogens (tertiary/aromatic N) is 5. The number of aromatic nitrogens is 4. The van der Waals surface area contributed by atoms with E-state index >= 15 is 0 Å². The van der Waals surface area contributed by atoms with Crippen molar-refractivity contribution < 1.29 is 4.39 Å². The molecule has 1 atom stereocenters. The van der Waals surface area contributed by atoms with Crippen molar-refractivity contribution in [1.29, 1.82) is 0 Å². The first-order valence-corrected chi connectivity index (χ1v) is 12.7. The van der Waals surface area contributed by atoms with Crippen molar-refractivity contribution in [2.24, 2.45) is 5.92 Å². The minimum Gasteiger partial charge on any atom is -0.362 e. The molecule has 34 heavy (non-hydrogen) atoms. The van der Waals surface area contributed by atoms with Gasteiger partial charge in [0.05, 0.1) is 0 Å². The number of rotatable bonds is 8. The average Bonchev–Trinajstić information content (AvgIpc) is 2.83. The first-order chi connectivity index (χ1) is 16.5. The fourth-order valence-electron chi connectivity index (χ4n) is 3.80. The lowest BCUT2D eigenvalue weighted by atomic mass is 10.0. The highest BCUT2D eigenvalue weighted by molar-refractivity contribution is 7.99. The number of nitrogens with one attached hydrogen (secondary N) is 2. The molecule has 1 aromatic carbocycles. The highest BCUT2D eigenvalue weighted by Gasteiger charge is 2.20. The molecule has 0 unspecified atom stereocenters. The van der Waals surface area contributed by atoms with E-state index in [-0.39, 0.29) is 5.82 Å². The van der Waals surface area contributed by atoms with Crippen molar-refractivity contribution in [3.63, 3.8) is 0 Å². The Kier molecular flexibility index (Phi) is 8.59. The van der Waals surface area contributed by atoms with E-state index in [2.05, 4.69) is 37.4 Å². The number of benzene rings is 1. The molecule has 2 N–H and O–H groups in total. The minimum atomic E-state index is -0.218. The van der Waals surface area contributed by atoms with E-state index in [1.165, 1.54) is 30.3 Å². The lowest BCUT2D eigenvalue weighted by Gasteiger charge is -2.32. The van der Waals surface area contributed by atoms with Gasteiger partial charge >= 0.3 is 0 Å². The van der Waals surface area contributed by atoms with E-state index in [1.54, 1.807) is 18.5 Å². The summed E-state index contributed by atoms with van der Waals surface area (Å²) in [7, 11) is 0. The van der Waals surface area contributed by atoms with Crippen LogP contribution in [0.25, 0.3) is 0 Å². The fourth-order valence-corrected chi connectivity index (χ4v) is 4.71. The SMILES string of the molecule is C[C@@H]1CCCN(c2cc(Sc3ncccn3)nc(NC(=S)NCCCc3ccc(F)cc3)n2)C1. The molecule has 1 saturated heterocycles. The highest BCUT2D eigenvalue weighted by atomic mass is 32.2. The maximum absolute atomic E-state index is 13.0. The predicted octanol–water partition coefficient (Wildman–Crippen LogP) is 4.71. The van der Waals surface area contributed by atoms with Gasteiger partial charge in [-0.05, 0) is 79.3 Å². The van der Waals surface area contributed by atoms with Crippen molar-refractivity contribution in [3.8, 4) is 0 Å². The van der Waals surface area contributed by atoms with E-state index in [0.29, 0.717) is 28.7 Å². The van der Waals surface area contributed by atoms with Gasteiger partial charge in [0.1, 0.15) is 16.7 Å². The molecular formula is C24H28FN7S2. The summed E-state index contributed by atoms with van der Waals surface area (Å²) in [6, 6.07) is 10.4. The quantitative estimate of drug-likeness (QED) is 0.199. The first kappa shape index (κ1) is 24.3. The number of halogens is 1. The lowest BCUT2D eigenvalue weighted by molar-refractivity contribution is 0.444. The Morgan fingerprint density at radius 2 is 2.00 bits per heavy atom. The molecule has 1 aliphatic heterocycles. The van der Waals surface area contributed by atoms with E-state index < -0.39 is 0 Å². The molecule has 0 bridgehead atoms. The topological polar surface area (TPSA) is 78.9 Å². The third kappa shape index (κ3) is 7.33. The normalized spacial score (nSPS) is 15.7. The molecule has 178 valence electrons.